The minimum Gasteiger partial charge on any atom is -0.497 e. The van der Waals surface area contributed by atoms with Gasteiger partial charge in [0.15, 0.2) is 3.95 Å². The average molecular weight is 415 g/mol. The number of rotatable bonds is 7. The van der Waals surface area contributed by atoms with E-state index in [-0.39, 0.29) is 15.5 Å². The molecule has 3 rings (SSSR count). The molecule has 0 unspecified atom stereocenters. The second-order valence-electron chi connectivity index (χ2n) is 5.74. The lowest BCUT2D eigenvalue weighted by molar-refractivity contribution is -0.130. The molecule has 6 nitrogen and oxygen atoms in total. The molecular formula is C20H17NO5S2. The number of aliphatic carboxylic acids is 1. The number of carboxylic acid groups (broad SMARTS) is 1. The lowest BCUT2D eigenvalue weighted by Crippen LogP contribution is -2.07. The molecule has 1 heterocycles. The summed E-state index contributed by atoms with van der Waals surface area (Å²) in [5.74, 6) is 0.00922. The zero-order valence-electron chi connectivity index (χ0n) is 14.9. The number of benzene rings is 2. The smallest absolute Gasteiger partial charge is 0.353 e. The van der Waals surface area contributed by atoms with Crippen molar-refractivity contribution in [2.24, 2.45) is 0 Å². The molecule has 28 heavy (non-hydrogen) atoms. The highest BCUT2D eigenvalue weighted by Crippen LogP contribution is 2.25. The Morgan fingerprint density at radius 1 is 1.21 bits per heavy atom. The molecule has 3 aromatic rings. The predicted octanol–water partition coefficient (Wildman–Crippen LogP) is 4.65. The molecule has 0 aliphatic carbocycles. The Kier molecular flexibility index (Phi) is 6.13. The van der Waals surface area contributed by atoms with E-state index >= 15 is 0 Å². The maximum atomic E-state index is 11.6. The van der Waals surface area contributed by atoms with Gasteiger partial charge in [0.05, 0.1) is 12.5 Å². The quantitative estimate of drug-likeness (QED) is 0.432. The summed E-state index contributed by atoms with van der Waals surface area (Å²) in [5.41, 5.74) is 1.48. The van der Waals surface area contributed by atoms with Gasteiger partial charge in [-0.3, -0.25) is 4.57 Å². The Hall–Kier alpha value is -3.10. The molecule has 0 atom stereocenters. The molecule has 0 bridgehead atoms. The Morgan fingerprint density at radius 2 is 1.96 bits per heavy atom. The van der Waals surface area contributed by atoms with Gasteiger partial charge in [-0.25, -0.2) is 4.79 Å². The minimum absolute atomic E-state index is 0.131. The van der Waals surface area contributed by atoms with Crippen LogP contribution in [0.25, 0.3) is 11.8 Å². The summed E-state index contributed by atoms with van der Waals surface area (Å²) in [7, 11) is 1.61. The van der Waals surface area contributed by atoms with Gasteiger partial charge in [0.1, 0.15) is 23.8 Å². The van der Waals surface area contributed by atoms with E-state index in [1.165, 1.54) is 11.5 Å². The fourth-order valence-electron chi connectivity index (χ4n) is 2.49. The molecule has 0 aliphatic rings. The van der Waals surface area contributed by atoms with Crippen LogP contribution in [0.1, 0.15) is 11.1 Å². The lowest BCUT2D eigenvalue weighted by Gasteiger charge is -2.09. The van der Waals surface area contributed by atoms with Gasteiger partial charge in [0, 0.05) is 0 Å². The van der Waals surface area contributed by atoms with Crippen LogP contribution in [0.4, 0.5) is 0 Å². The van der Waals surface area contributed by atoms with Crippen LogP contribution in [0.5, 0.6) is 17.4 Å². The molecule has 0 saturated carbocycles. The fourth-order valence-corrected chi connectivity index (χ4v) is 3.44. The average Bonchev–Trinajstić information content (AvgIpc) is 3.03. The van der Waals surface area contributed by atoms with Gasteiger partial charge >= 0.3 is 5.97 Å². The monoisotopic (exact) mass is 415 g/mol. The molecule has 2 aromatic carbocycles. The highest BCUT2D eigenvalue weighted by molar-refractivity contribution is 7.73. The lowest BCUT2D eigenvalue weighted by atomic mass is 10.2. The molecule has 1 aromatic heterocycles. The second kappa shape index (κ2) is 8.73. The van der Waals surface area contributed by atoms with Crippen molar-refractivity contribution in [3.63, 3.8) is 0 Å². The minimum atomic E-state index is -1.19. The summed E-state index contributed by atoms with van der Waals surface area (Å²) in [6.07, 6.45) is 1.44. The predicted molar refractivity (Wildman–Crippen MR) is 110 cm³/mol. The Labute approximate surface area is 170 Å². The summed E-state index contributed by atoms with van der Waals surface area (Å²) in [4.78, 5) is 11.6. The number of hydrogen-bond acceptors (Lipinski definition) is 6. The highest BCUT2D eigenvalue weighted by Gasteiger charge is 2.15. The number of hydrogen-bond donors (Lipinski definition) is 2. The van der Waals surface area contributed by atoms with Crippen molar-refractivity contribution in [1.29, 1.82) is 0 Å². The number of carbonyl (C=O) groups is 1. The zero-order chi connectivity index (χ0) is 20.1. The number of carboxylic acids is 1. The van der Waals surface area contributed by atoms with Crippen LogP contribution >= 0.6 is 23.6 Å². The summed E-state index contributed by atoms with van der Waals surface area (Å²) >= 11 is 6.18. The summed E-state index contributed by atoms with van der Waals surface area (Å²) < 4.78 is 12.3. The van der Waals surface area contributed by atoms with Crippen molar-refractivity contribution in [3.05, 3.63) is 69.0 Å². The van der Waals surface area contributed by atoms with Crippen LogP contribution in [0.3, 0.4) is 0 Å². The van der Waals surface area contributed by atoms with E-state index in [0.29, 0.717) is 17.9 Å². The normalized spacial score (nSPS) is 11.2. The van der Waals surface area contributed by atoms with E-state index in [1.807, 2.05) is 24.3 Å². The first kappa shape index (κ1) is 19.7. The third kappa shape index (κ3) is 4.59. The molecule has 0 saturated heterocycles. The van der Waals surface area contributed by atoms with Crippen molar-refractivity contribution in [1.82, 2.24) is 4.57 Å². The molecular weight excluding hydrogens is 398 g/mol. The van der Waals surface area contributed by atoms with Crippen LogP contribution in [-0.2, 0) is 11.4 Å². The van der Waals surface area contributed by atoms with Gasteiger partial charge in [0.25, 0.3) is 0 Å². The zero-order valence-corrected chi connectivity index (χ0v) is 16.5. The molecule has 0 amide bonds. The van der Waals surface area contributed by atoms with Crippen LogP contribution in [-0.4, -0.2) is 27.9 Å². The third-order valence-electron chi connectivity index (χ3n) is 3.86. The van der Waals surface area contributed by atoms with Crippen LogP contribution in [0, 0.1) is 3.95 Å². The van der Waals surface area contributed by atoms with Crippen molar-refractivity contribution >= 4 is 41.3 Å². The van der Waals surface area contributed by atoms with Crippen LogP contribution in [0.15, 0.2) is 53.9 Å². The molecule has 144 valence electrons. The number of thiazole rings is 1. The molecule has 2 N–H and O–H groups in total. The molecule has 0 radical (unpaired) electrons. The fraction of sp³-hybridized carbons (Fsp3) is 0.100. The maximum Gasteiger partial charge on any atom is 0.353 e. The van der Waals surface area contributed by atoms with Crippen molar-refractivity contribution in [2.75, 3.05) is 7.11 Å². The summed E-state index contributed by atoms with van der Waals surface area (Å²) in [6.45, 7) is 0.380. The first-order chi connectivity index (χ1) is 13.5. The number of aromatic nitrogens is 1. The molecule has 0 spiro atoms. The van der Waals surface area contributed by atoms with Gasteiger partial charge in [-0.15, -0.1) is 11.3 Å². The SMILES string of the molecule is COc1cccc(COc2ccc(C=C(C(=O)O)n3c(O)csc3=S)cc2)c1. The summed E-state index contributed by atoms with van der Waals surface area (Å²) in [6, 6.07) is 14.6. The number of aromatic hydroxyl groups is 1. The standard InChI is InChI=1S/C20H17NO5S2/c1-25-16-4-2-3-14(9-16)11-26-15-7-5-13(6-8-15)10-17(19(23)24)21-18(22)12-28-20(21)27/h2-10,12,22H,11H2,1H3,(H,23,24). The van der Waals surface area contributed by atoms with Gasteiger partial charge in [0.2, 0.25) is 5.88 Å². The van der Waals surface area contributed by atoms with E-state index in [9.17, 15) is 15.0 Å². The first-order valence-corrected chi connectivity index (χ1v) is 9.47. The second-order valence-corrected chi connectivity index (χ2v) is 7.24. The topological polar surface area (TPSA) is 80.9 Å². The largest absolute Gasteiger partial charge is 0.497 e. The summed E-state index contributed by atoms with van der Waals surface area (Å²) in [5, 5.41) is 20.7. The van der Waals surface area contributed by atoms with Crippen molar-refractivity contribution in [2.45, 2.75) is 6.61 Å². The van der Waals surface area contributed by atoms with E-state index in [0.717, 1.165) is 27.2 Å². The highest BCUT2D eigenvalue weighted by atomic mass is 32.1. The first-order valence-electron chi connectivity index (χ1n) is 8.18. The number of methoxy groups -OCH3 is 1. The maximum absolute atomic E-state index is 11.6. The van der Waals surface area contributed by atoms with Gasteiger partial charge in [-0.05, 0) is 53.7 Å². The van der Waals surface area contributed by atoms with Gasteiger partial charge < -0.3 is 19.7 Å². The Balaban J connectivity index is 1.76. The van der Waals surface area contributed by atoms with E-state index in [4.69, 9.17) is 21.7 Å². The number of ether oxygens (including phenoxy) is 2. The molecule has 8 heteroatoms. The van der Waals surface area contributed by atoms with E-state index < -0.39 is 5.97 Å². The third-order valence-corrected chi connectivity index (χ3v) is 5.04. The number of nitrogens with zero attached hydrogens (tertiary/aromatic N) is 1. The van der Waals surface area contributed by atoms with Gasteiger partial charge in [-0.2, -0.15) is 0 Å². The van der Waals surface area contributed by atoms with Crippen LogP contribution < -0.4 is 9.47 Å². The van der Waals surface area contributed by atoms with E-state index in [1.54, 1.807) is 31.4 Å². The Morgan fingerprint density at radius 3 is 2.57 bits per heavy atom. The van der Waals surface area contributed by atoms with E-state index in [2.05, 4.69) is 0 Å². The van der Waals surface area contributed by atoms with Gasteiger partial charge in [-0.1, -0.05) is 24.3 Å². The molecule has 0 aliphatic heterocycles. The van der Waals surface area contributed by atoms with Crippen molar-refractivity contribution < 1.29 is 24.5 Å². The molecule has 0 fully saturated rings. The van der Waals surface area contributed by atoms with Crippen LogP contribution in [0.2, 0.25) is 0 Å². The van der Waals surface area contributed by atoms with Crippen molar-refractivity contribution in [3.8, 4) is 17.4 Å². The Bertz CT molecular complexity index is 1070.